The Hall–Kier alpha value is -1.44. The molecule has 0 atom stereocenters. The number of hydrogen-bond acceptors (Lipinski definition) is 2. The molecule has 0 aliphatic heterocycles. The first kappa shape index (κ1) is 13.0. The van der Waals surface area contributed by atoms with E-state index < -0.39 is 0 Å². The van der Waals surface area contributed by atoms with Crippen molar-refractivity contribution >= 4 is 10.9 Å². The summed E-state index contributed by atoms with van der Waals surface area (Å²) in [6.45, 7) is 13.4. The quantitative estimate of drug-likeness (QED) is 0.691. The van der Waals surface area contributed by atoms with E-state index in [0.29, 0.717) is 0 Å². The maximum absolute atomic E-state index is 4.23. The smallest absolute Gasteiger partial charge is 0.0932 e. The predicted molar refractivity (Wildman–Crippen MR) is 76.9 cm³/mol. The van der Waals surface area contributed by atoms with Crippen LogP contribution in [0.25, 0.3) is 10.9 Å². The van der Waals surface area contributed by atoms with Crippen molar-refractivity contribution in [2.75, 3.05) is 0 Å². The summed E-state index contributed by atoms with van der Waals surface area (Å²) in [6, 6.07) is 6.51. The molecule has 2 heteroatoms. The van der Waals surface area contributed by atoms with E-state index in [9.17, 15) is 0 Å². The lowest BCUT2D eigenvalue weighted by molar-refractivity contribution is 0.585. The van der Waals surface area contributed by atoms with Gasteiger partial charge in [0.15, 0.2) is 0 Å². The summed E-state index contributed by atoms with van der Waals surface area (Å²) in [5.41, 5.74) is 3.83. The fraction of sp³-hybridized carbons (Fsp3) is 0.500. The van der Waals surface area contributed by atoms with Gasteiger partial charge in [0.05, 0.1) is 11.7 Å². The average molecular weight is 242 g/mol. The lowest BCUT2D eigenvalue weighted by Gasteiger charge is -2.23. The van der Waals surface area contributed by atoms with E-state index in [1.54, 1.807) is 0 Å². The summed E-state index contributed by atoms with van der Waals surface area (Å²) >= 11 is 0. The lowest BCUT2D eigenvalue weighted by atomic mass is 9.82. The Morgan fingerprint density at radius 3 is 2.11 bits per heavy atom. The molecule has 0 bridgehead atoms. The zero-order valence-electron chi connectivity index (χ0n) is 12.2. The van der Waals surface area contributed by atoms with E-state index in [-0.39, 0.29) is 10.8 Å². The fourth-order valence-corrected chi connectivity index (χ4v) is 2.12. The summed E-state index contributed by atoms with van der Waals surface area (Å²) in [4.78, 5) is 0. The third kappa shape index (κ3) is 2.38. The molecule has 2 nitrogen and oxygen atoms in total. The van der Waals surface area contributed by atoms with Crippen molar-refractivity contribution in [2.45, 2.75) is 52.4 Å². The van der Waals surface area contributed by atoms with Gasteiger partial charge in [0.2, 0.25) is 0 Å². The molecule has 0 aliphatic carbocycles. The van der Waals surface area contributed by atoms with Gasteiger partial charge in [0.1, 0.15) is 0 Å². The van der Waals surface area contributed by atoms with Gasteiger partial charge in [-0.3, -0.25) is 0 Å². The van der Waals surface area contributed by atoms with Gasteiger partial charge in [-0.05, 0) is 34.1 Å². The van der Waals surface area contributed by atoms with Gasteiger partial charge < -0.3 is 0 Å². The minimum atomic E-state index is 0.0880. The maximum Gasteiger partial charge on any atom is 0.0932 e. The minimum absolute atomic E-state index is 0.0880. The zero-order chi connectivity index (χ0) is 13.6. The number of benzene rings is 1. The summed E-state index contributed by atoms with van der Waals surface area (Å²) in [6.07, 6.45) is 1.90. The number of rotatable bonds is 0. The van der Waals surface area contributed by atoms with Crippen molar-refractivity contribution in [1.29, 1.82) is 0 Å². The molecule has 0 radical (unpaired) electrons. The van der Waals surface area contributed by atoms with E-state index in [4.69, 9.17) is 0 Å². The molecule has 2 aromatic rings. The van der Waals surface area contributed by atoms with Gasteiger partial charge in [0.25, 0.3) is 0 Å². The van der Waals surface area contributed by atoms with Crippen molar-refractivity contribution in [3.8, 4) is 0 Å². The summed E-state index contributed by atoms with van der Waals surface area (Å²) in [7, 11) is 0. The standard InChI is InChI=1S/C16H22N2/c1-15(2,3)11-7-8-14-12(9-11)13(10-17-18-14)16(4,5)6/h7-10H,1-6H3. The molecule has 0 saturated heterocycles. The molecule has 1 aromatic carbocycles. The highest BCUT2D eigenvalue weighted by Gasteiger charge is 2.20. The van der Waals surface area contributed by atoms with Crippen LogP contribution in [0.1, 0.15) is 52.7 Å². The van der Waals surface area contributed by atoms with Crippen LogP contribution in [0.3, 0.4) is 0 Å². The number of nitrogens with zero attached hydrogens (tertiary/aromatic N) is 2. The second-order valence-corrected chi connectivity index (χ2v) is 6.99. The van der Waals surface area contributed by atoms with E-state index in [1.807, 2.05) is 6.20 Å². The average Bonchev–Trinajstić information content (AvgIpc) is 2.25. The van der Waals surface area contributed by atoms with Crippen molar-refractivity contribution < 1.29 is 0 Å². The molecule has 0 fully saturated rings. The highest BCUT2D eigenvalue weighted by atomic mass is 15.1. The molecule has 0 amide bonds. The molecule has 1 aromatic heterocycles. The monoisotopic (exact) mass is 242 g/mol. The molecule has 0 N–H and O–H groups in total. The van der Waals surface area contributed by atoms with Gasteiger partial charge in [-0.25, -0.2) is 0 Å². The van der Waals surface area contributed by atoms with E-state index >= 15 is 0 Å². The first-order chi connectivity index (χ1) is 8.19. The largest absolute Gasteiger partial charge is 0.158 e. The highest BCUT2D eigenvalue weighted by Crippen LogP contribution is 2.31. The Kier molecular flexibility index (Phi) is 2.92. The Morgan fingerprint density at radius 1 is 0.889 bits per heavy atom. The van der Waals surface area contributed by atoms with Crippen LogP contribution in [0.4, 0.5) is 0 Å². The lowest BCUT2D eigenvalue weighted by Crippen LogP contribution is -2.14. The molecule has 0 aliphatic rings. The Balaban J connectivity index is 2.74. The maximum atomic E-state index is 4.23. The molecule has 96 valence electrons. The van der Waals surface area contributed by atoms with Crippen molar-refractivity contribution in [1.82, 2.24) is 10.2 Å². The Morgan fingerprint density at radius 2 is 1.56 bits per heavy atom. The third-order valence-corrected chi connectivity index (χ3v) is 3.31. The van der Waals surface area contributed by atoms with Crippen LogP contribution in [0.15, 0.2) is 24.4 Å². The predicted octanol–water partition coefficient (Wildman–Crippen LogP) is 4.22. The minimum Gasteiger partial charge on any atom is -0.158 e. The molecule has 2 rings (SSSR count). The van der Waals surface area contributed by atoms with Crippen LogP contribution in [-0.4, -0.2) is 10.2 Å². The van der Waals surface area contributed by atoms with Crippen LogP contribution in [0, 0.1) is 0 Å². The van der Waals surface area contributed by atoms with Gasteiger partial charge in [-0.2, -0.15) is 10.2 Å². The summed E-state index contributed by atoms with van der Waals surface area (Å²) in [5.74, 6) is 0. The number of fused-ring (bicyclic) bond motifs is 1. The summed E-state index contributed by atoms with van der Waals surface area (Å²) in [5, 5.41) is 9.58. The first-order valence-electron chi connectivity index (χ1n) is 6.46. The normalized spacial score (nSPS) is 13.0. The Bertz CT molecular complexity index is 572. The fourth-order valence-electron chi connectivity index (χ4n) is 2.12. The number of hydrogen-bond donors (Lipinski definition) is 0. The second-order valence-electron chi connectivity index (χ2n) is 6.99. The van der Waals surface area contributed by atoms with Crippen LogP contribution in [0.2, 0.25) is 0 Å². The first-order valence-corrected chi connectivity index (χ1v) is 6.46. The van der Waals surface area contributed by atoms with Crippen LogP contribution < -0.4 is 0 Å². The van der Waals surface area contributed by atoms with Crippen LogP contribution in [0.5, 0.6) is 0 Å². The molecule has 0 saturated carbocycles. The van der Waals surface area contributed by atoms with Gasteiger partial charge in [-0.15, -0.1) is 0 Å². The zero-order valence-corrected chi connectivity index (χ0v) is 12.2. The second kappa shape index (κ2) is 4.04. The molecule has 0 unspecified atom stereocenters. The molecular weight excluding hydrogens is 220 g/mol. The third-order valence-electron chi connectivity index (χ3n) is 3.31. The van der Waals surface area contributed by atoms with Gasteiger partial charge >= 0.3 is 0 Å². The van der Waals surface area contributed by atoms with Crippen molar-refractivity contribution in [2.24, 2.45) is 0 Å². The van der Waals surface area contributed by atoms with Crippen molar-refractivity contribution in [3.63, 3.8) is 0 Å². The van der Waals surface area contributed by atoms with Crippen LogP contribution in [-0.2, 0) is 10.8 Å². The number of aromatic nitrogens is 2. The van der Waals surface area contributed by atoms with E-state index in [2.05, 4.69) is 69.9 Å². The Labute approximate surface area is 109 Å². The molecule has 1 heterocycles. The highest BCUT2D eigenvalue weighted by molar-refractivity contribution is 5.83. The SMILES string of the molecule is CC(C)(C)c1ccc2nncc(C(C)(C)C)c2c1. The molecule has 18 heavy (non-hydrogen) atoms. The van der Waals surface area contributed by atoms with Crippen molar-refractivity contribution in [3.05, 3.63) is 35.5 Å². The van der Waals surface area contributed by atoms with E-state index in [1.165, 1.54) is 16.5 Å². The molecule has 0 spiro atoms. The topological polar surface area (TPSA) is 25.8 Å². The van der Waals surface area contributed by atoms with Gasteiger partial charge in [0, 0.05) is 5.39 Å². The van der Waals surface area contributed by atoms with Crippen LogP contribution >= 0.6 is 0 Å². The molecular formula is C16H22N2. The van der Waals surface area contributed by atoms with E-state index in [0.717, 1.165) is 5.52 Å². The van der Waals surface area contributed by atoms with Gasteiger partial charge in [-0.1, -0.05) is 47.6 Å². The summed E-state index contributed by atoms with van der Waals surface area (Å²) < 4.78 is 0.